The molecule has 3 nitrogen and oxygen atoms in total. The number of unbranched alkanes of at least 4 members (excludes halogenated alkanes) is 9. The van der Waals surface area contributed by atoms with Crippen molar-refractivity contribution in [1.29, 1.82) is 0 Å². The molecule has 0 saturated heterocycles. The average Bonchev–Trinajstić information content (AvgIpc) is 3.08. The first-order valence-corrected chi connectivity index (χ1v) is 10.0. The molecule has 0 aromatic carbocycles. The molecule has 0 atom stereocenters. The van der Waals surface area contributed by atoms with E-state index in [1.807, 2.05) is 0 Å². The number of esters is 1. The molecule has 0 spiro atoms. The SMILES string of the molecule is C=C(C)C(=O)OCCCCCCCCCCCCN=C1CCCC1. The molecule has 0 N–H and O–H groups in total. The third-order valence-electron chi connectivity index (χ3n) is 4.65. The van der Waals surface area contributed by atoms with Crippen LogP contribution in [-0.4, -0.2) is 24.8 Å². The van der Waals surface area contributed by atoms with Gasteiger partial charge in [0.25, 0.3) is 0 Å². The van der Waals surface area contributed by atoms with Crippen LogP contribution in [0.15, 0.2) is 17.1 Å². The minimum absolute atomic E-state index is 0.260. The van der Waals surface area contributed by atoms with E-state index in [1.165, 1.54) is 82.8 Å². The van der Waals surface area contributed by atoms with Crippen molar-refractivity contribution in [3.63, 3.8) is 0 Å². The molecule has 3 heteroatoms. The van der Waals surface area contributed by atoms with Crippen molar-refractivity contribution in [3.05, 3.63) is 12.2 Å². The van der Waals surface area contributed by atoms with E-state index in [1.54, 1.807) is 6.92 Å². The second kappa shape index (κ2) is 14.2. The summed E-state index contributed by atoms with van der Waals surface area (Å²) in [5.41, 5.74) is 1.96. The number of carbonyl (C=O) groups excluding carboxylic acids is 1. The van der Waals surface area contributed by atoms with Gasteiger partial charge in [0.2, 0.25) is 0 Å². The molecule has 138 valence electrons. The van der Waals surface area contributed by atoms with Crippen LogP contribution in [0, 0.1) is 0 Å². The van der Waals surface area contributed by atoms with Crippen LogP contribution in [0.4, 0.5) is 0 Å². The maximum absolute atomic E-state index is 11.2. The van der Waals surface area contributed by atoms with E-state index >= 15 is 0 Å². The smallest absolute Gasteiger partial charge is 0.333 e. The lowest BCUT2D eigenvalue weighted by atomic mass is 10.1. The molecule has 0 aromatic rings. The van der Waals surface area contributed by atoms with Gasteiger partial charge in [-0.05, 0) is 45.4 Å². The molecule has 0 aromatic heterocycles. The van der Waals surface area contributed by atoms with Crippen LogP contribution in [0.2, 0.25) is 0 Å². The van der Waals surface area contributed by atoms with Crippen LogP contribution in [0.1, 0.15) is 96.8 Å². The Kier molecular flexibility index (Phi) is 12.4. The fraction of sp³-hybridized carbons (Fsp3) is 0.810. The van der Waals surface area contributed by atoms with Crippen molar-refractivity contribution in [1.82, 2.24) is 0 Å². The highest BCUT2D eigenvalue weighted by Gasteiger charge is 2.06. The molecule has 0 unspecified atom stereocenters. The molecular weight excluding hydrogens is 298 g/mol. The molecular formula is C21H37NO2. The highest BCUT2D eigenvalue weighted by atomic mass is 16.5. The van der Waals surface area contributed by atoms with Gasteiger partial charge in [-0.15, -0.1) is 0 Å². The molecule has 0 heterocycles. The Morgan fingerprint density at radius 1 is 0.917 bits per heavy atom. The summed E-state index contributed by atoms with van der Waals surface area (Å²) in [5, 5.41) is 0. The molecule has 1 aliphatic carbocycles. The molecule has 1 rings (SSSR count). The standard InChI is InChI=1S/C21H37NO2/c1-19(2)21(23)24-18-14-10-8-6-4-3-5-7-9-13-17-22-20-15-11-12-16-20/h1,3-18H2,2H3. The molecule has 0 radical (unpaired) electrons. The molecule has 0 aliphatic heterocycles. The van der Waals surface area contributed by atoms with Crippen LogP contribution in [-0.2, 0) is 9.53 Å². The van der Waals surface area contributed by atoms with Gasteiger partial charge in [-0.1, -0.05) is 57.9 Å². The summed E-state index contributed by atoms with van der Waals surface area (Å²) in [5.74, 6) is -0.260. The van der Waals surface area contributed by atoms with Gasteiger partial charge in [0.15, 0.2) is 0 Å². The lowest BCUT2D eigenvalue weighted by molar-refractivity contribution is -0.139. The molecule has 1 aliphatic rings. The predicted octanol–water partition coefficient (Wildman–Crippen LogP) is 6.02. The van der Waals surface area contributed by atoms with E-state index in [-0.39, 0.29) is 5.97 Å². The zero-order valence-corrected chi connectivity index (χ0v) is 15.8. The van der Waals surface area contributed by atoms with E-state index < -0.39 is 0 Å². The first-order chi connectivity index (χ1) is 11.7. The second-order valence-corrected chi connectivity index (χ2v) is 7.11. The Labute approximate surface area is 149 Å². The van der Waals surface area contributed by atoms with Crippen molar-refractivity contribution in [2.24, 2.45) is 4.99 Å². The first-order valence-electron chi connectivity index (χ1n) is 10.0. The zero-order chi connectivity index (χ0) is 17.5. The molecule has 1 saturated carbocycles. The minimum Gasteiger partial charge on any atom is -0.462 e. The van der Waals surface area contributed by atoms with E-state index in [0.29, 0.717) is 12.2 Å². The van der Waals surface area contributed by atoms with Crippen molar-refractivity contribution < 1.29 is 9.53 Å². The number of nitrogens with zero attached hydrogens (tertiary/aromatic N) is 1. The van der Waals surface area contributed by atoms with Gasteiger partial charge >= 0.3 is 5.97 Å². The highest BCUT2D eigenvalue weighted by molar-refractivity contribution is 5.87. The maximum Gasteiger partial charge on any atom is 0.333 e. The van der Waals surface area contributed by atoms with E-state index in [2.05, 4.69) is 6.58 Å². The Balaban J connectivity index is 1.74. The Bertz CT molecular complexity index is 379. The van der Waals surface area contributed by atoms with Crippen molar-refractivity contribution in [2.75, 3.05) is 13.2 Å². The van der Waals surface area contributed by atoms with Crippen molar-refractivity contribution in [3.8, 4) is 0 Å². The van der Waals surface area contributed by atoms with Gasteiger partial charge in [-0.2, -0.15) is 0 Å². The third-order valence-corrected chi connectivity index (χ3v) is 4.65. The lowest BCUT2D eigenvalue weighted by Crippen LogP contribution is -2.05. The summed E-state index contributed by atoms with van der Waals surface area (Å²) in [6.07, 6.45) is 18.0. The summed E-state index contributed by atoms with van der Waals surface area (Å²) in [6.45, 7) is 6.86. The molecule has 0 bridgehead atoms. The summed E-state index contributed by atoms with van der Waals surface area (Å²) in [4.78, 5) is 15.9. The van der Waals surface area contributed by atoms with Crippen LogP contribution < -0.4 is 0 Å². The third kappa shape index (κ3) is 11.4. The van der Waals surface area contributed by atoms with Gasteiger partial charge < -0.3 is 4.74 Å². The number of hydrogen-bond donors (Lipinski definition) is 0. The topological polar surface area (TPSA) is 38.7 Å². The summed E-state index contributed by atoms with van der Waals surface area (Å²) in [7, 11) is 0. The van der Waals surface area contributed by atoms with Gasteiger partial charge in [0.1, 0.15) is 0 Å². The normalized spacial score (nSPS) is 14.0. The second-order valence-electron chi connectivity index (χ2n) is 7.11. The van der Waals surface area contributed by atoms with Gasteiger partial charge in [-0.3, -0.25) is 4.99 Å². The Hall–Kier alpha value is -1.12. The number of hydrogen-bond acceptors (Lipinski definition) is 3. The van der Waals surface area contributed by atoms with Gasteiger partial charge in [0.05, 0.1) is 6.61 Å². The number of aliphatic imine (C=N–C) groups is 1. The summed E-state index contributed by atoms with van der Waals surface area (Å²) < 4.78 is 5.08. The van der Waals surface area contributed by atoms with E-state index in [0.717, 1.165) is 19.4 Å². The van der Waals surface area contributed by atoms with Crippen LogP contribution in [0.3, 0.4) is 0 Å². The molecule has 24 heavy (non-hydrogen) atoms. The largest absolute Gasteiger partial charge is 0.462 e. The van der Waals surface area contributed by atoms with Crippen molar-refractivity contribution >= 4 is 11.7 Å². The van der Waals surface area contributed by atoms with Crippen LogP contribution >= 0.6 is 0 Å². The maximum atomic E-state index is 11.2. The number of ether oxygens (including phenoxy) is 1. The van der Waals surface area contributed by atoms with Crippen LogP contribution in [0.5, 0.6) is 0 Å². The van der Waals surface area contributed by atoms with Crippen molar-refractivity contribution in [2.45, 2.75) is 96.8 Å². The van der Waals surface area contributed by atoms with E-state index in [9.17, 15) is 4.79 Å². The fourth-order valence-electron chi connectivity index (χ4n) is 3.09. The summed E-state index contributed by atoms with van der Waals surface area (Å²) >= 11 is 0. The quantitative estimate of drug-likeness (QED) is 0.221. The first kappa shape index (κ1) is 20.9. The Morgan fingerprint density at radius 2 is 1.42 bits per heavy atom. The van der Waals surface area contributed by atoms with Gasteiger partial charge in [-0.25, -0.2) is 4.79 Å². The van der Waals surface area contributed by atoms with Gasteiger partial charge in [0, 0.05) is 17.8 Å². The monoisotopic (exact) mass is 335 g/mol. The Morgan fingerprint density at radius 3 is 1.96 bits per heavy atom. The summed E-state index contributed by atoms with van der Waals surface area (Å²) in [6, 6.07) is 0. The zero-order valence-electron chi connectivity index (χ0n) is 15.8. The predicted molar refractivity (Wildman–Crippen MR) is 103 cm³/mol. The van der Waals surface area contributed by atoms with E-state index in [4.69, 9.17) is 9.73 Å². The molecule has 1 fully saturated rings. The average molecular weight is 336 g/mol. The van der Waals surface area contributed by atoms with Crippen LogP contribution in [0.25, 0.3) is 0 Å². The molecule has 0 amide bonds. The number of rotatable bonds is 14. The fourth-order valence-corrected chi connectivity index (χ4v) is 3.09. The number of carbonyl (C=O) groups is 1. The minimum atomic E-state index is -0.260. The lowest BCUT2D eigenvalue weighted by Gasteiger charge is -2.04. The highest BCUT2D eigenvalue weighted by Crippen LogP contribution is 2.15.